The molecule has 0 atom stereocenters. The van der Waals surface area contributed by atoms with E-state index < -0.39 is 10.8 Å². The Morgan fingerprint density at radius 1 is 1.12 bits per heavy atom. The van der Waals surface area contributed by atoms with Gasteiger partial charge >= 0.3 is 0 Å². The Labute approximate surface area is 147 Å². The van der Waals surface area contributed by atoms with Crippen molar-refractivity contribution in [2.24, 2.45) is 5.73 Å². The first-order valence-electron chi connectivity index (χ1n) is 7.62. The number of rotatable bonds is 4. The maximum absolute atomic E-state index is 12.4. The Kier molecular flexibility index (Phi) is 4.66. The van der Waals surface area contributed by atoms with Crippen LogP contribution in [0.4, 0.5) is 11.4 Å². The zero-order valence-corrected chi connectivity index (χ0v) is 14.1. The molecule has 2 amide bonds. The van der Waals surface area contributed by atoms with Gasteiger partial charge in [0.2, 0.25) is 5.91 Å². The number of carbonyl (C=O) groups is 2. The van der Waals surface area contributed by atoms with E-state index in [0.717, 1.165) is 0 Å². The molecule has 9 heteroatoms. The summed E-state index contributed by atoms with van der Waals surface area (Å²) in [6.45, 7) is 1.91. The molecule has 1 aliphatic heterocycles. The first kappa shape index (κ1) is 16.9. The lowest BCUT2D eigenvalue weighted by Gasteiger charge is -2.35. The van der Waals surface area contributed by atoms with Crippen LogP contribution >= 0.6 is 11.3 Å². The van der Waals surface area contributed by atoms with Crippen LogP contribution in [0.15, 0.2) is 35.0 Å². The number of nitro benzene ring substituents is 1. The van der Waals surface area contributed by atoms with Crippen LogP contribution in [0.1, 0.15) is 20.7 Å². The summed E-state index contributed by atoms with van der Waals surface area (Å²) in [7, 11) is 0. The Morgan fingerprint density at radius 3 is 2.40 bits per heavy atom. The lowest BCUT2D eigenvalue weighted by molar-refractivity contribution is -0.384. The van der Waals surface area contributed by atoms with Gasteiger partial charge in [-0.05, 0) is 23.6 Å². The topological polar surface area (TPSA) is 110 Å². The molecular formula is C16H16N4O4S. The molecule has 2 heterocycles. The minimum absolute atomic E-state index is 0.0283. The van der Waals surface area contributed by atoms with Gasteiger partial charge in [-0.2, -0.15) is 11.3 Å². The van der Waals surface area contributed by atoms with Crippen LogP contribution in [-0.2, 0) is 0 Å². The van der Waals surface area contributed by atoms with Crippen molar-refractivity contribution in [1.82, 2.24) is 4.90 Å². The predicted molar refractivity (Wildman–Crippen MR) is 94.0 cm³/mol. The molecule has 25 heavy (non-hydrogen) atoms. The van der Waals surface area contributed by atoms with Crippen LogP contribution in [0.25, 0.3) is 0 Å². The second-order valence-corrected chi connectivity index (χ2v) is 6.40. The van der Waals surface area contributed by atoms with Crippen LogP contribution in [0.5, 0.6) is 0 Å². The number of hydrogen-bond donors (Lipinski definition) is 1. The lowest BCUT2D eigenvalue weighted by atomic mass is 10.1. The van der Waals surface area contributed by atoms with E-state index >= 15 is 0 Å². The molecule has 0 spiro atoms. The first-order chi connectivity index (χ1) is 12.0. The standard InChI is InChI=1S/C16H16N4O4S/c17-15(21)11-1-2-13(14(9-11)20(23)24)18-4-6-19(7-5-18)16(22)12-3-8-25-10-12/h1-3,8-10H,4-7H2,(H2,17,21). The van der Waals surface area contributed by atoms with Gasteiger partial charge in [0.1, 0.15) is 5.69 Å². The Bertz CT molecular complexity index is 814. The highest BCUT2D eigenvalue weighted by Gasteiger charge is 2.27. The molecule has 130 valence electrons. The summed E-state index contributed by atoms with van der Waals surface area (Å²) in [6.07, 6.45) is 0. The van der Waals surface area contributed by atoms with Crippen molar-refractivity contribution in [3.63, 3.8) is 0 Å². The minimum atomic E-state index is -0.708. The van der Waals surface area contributed by atoms with Crippen molar-refractivity contribution in [3.05, 3.63) is 56.3 Å². The molecule has 8 nitrogen and oxygen atoms in total. The van der Waals surface area contributed by atoms with Gasteiger partial charge in [0.05, 0.1) is 10.5 Å². The normalized spacial score (nSPS) is 14.4. The zero-order valence-electron chi connectivity index (χ0n) is 13.3. The molecule has 2 N–H and O–H groups in total. The number of primary amides is 1. The third-order valence-electron chi connectivity index (χ3n) is 4.13. The molecule has 0 saturated carbocycles. The highest BCUT2D eigenvalue weighted by molar-refractivity contribution is 7.08. The summed E-state index contributed by atoms with van der Waals surface area (Å²) >= 11 is 1.47. The number of nitrogens with two attached hydrogens (primary N) is 1. The van der Waals surface area contributed by atoms with Crippen molar-refractivity contribution >= 4 is 34.5 Å². The van der Waals surface area contributed by atoms with Gasteiger partial charge in [-0.1, -0.05) is 0 Å². The molecule has 0 radical (unpaired) electrons. The van der Waals surface area contributed by atoms with Gasteiger partial charge in [-0.25, -0.2) is 0 Å². The molecule has 1 fully saturated rings. The Morgan fingerprint density at radius 2 is 1.84 bits per heavy atom. The molecule has 1 saturated heterocycles. The van der Waals surface area contributed by atoms with Crippen LogP contribution in [0.2, 0.25) is 0 Å². The van der Waals surface area contributed by atoms with E-state index in [1.807, 2.05) is 15.7 Å². The number of benzene rings is 1. The fourth-order valence-corrected chi connectivity index (χ4v) is 3.44. The molecule has 1 aromatic carbocycles. The van der Waals surface area contributed by atoms with Gasteiger partial charge in [0, 0.05) is 43.2 Å². The third kappa shape index (κ3) is 3.45. The number of carbonyl (C=O) groups excluding carboxylic acids is 2. The molecule has 0 aliphatic carbocycles. The van der Waals surface area contributed by atoms with Crippen LogP contribution in [0, 0.1) is 10.1 Å². The average molecular weight is 360 g/mol. The SMILES string of the molecule is NC(=O)c1ccc(N2CCN(C(=O)c3ccsc3)CC2)c([N+](=O)[O-])c1. The Hall–Kier alpha value is -2.94. The molecule has 0 unspecified atom stereocenters. The second-order valence-electron chi connectivity index (χ2n) is 5.62. The fraction of sp³-hybridized carbons (Fsp3) is 0.250. The van der Waals surface area contributed by atoms with Crippen molar-refractivity contribution in [2.45, 2.75) is 0 Å². The van der Waals surface area contributed by atoms with E-state index in [0.29, 0.717) is 37.4 Å². The molecule has 3 rings (SSSR count). The summed E-state index contributed by atoms with van der Waals surface area (Å²) in [6, 6.07) is 6.00. The van der Waals surface area contributed by atoms with E-state index in [1.165, 1.54) is 29.5 Å². The number of anilines is 1. The van der Waals surface area contributed by atoms with Gasteiger partial charge in [-0.3, -0.25) is 19.7 Å². The monoisotopic (exact) mass is 360 g/mol. The molecule has 2 aromatic rings. The zero-order chi connectivity index (χ0) is 18.0. The molecular weight excluding hydrogens is 344 g/mol. The van der Waals surface area contributed by atoms with E-state index in [2.05, 4.69) is 0 Å². The summed E-state index contributed by atoms with van der Waals surface area (Å²) in [4.78, 5) is 38.0. The van der Waals surface area contributed by atoms with Gasteiger partial charge in [0.15, 0.2) is 0 Å². The first-order valence-corrected chi connectivity index (χ1v) is 8.56. The summed E-state index contributed by atoms with van der Waals surface area (Å²) in [5.74, 6) is -0.736. The molecule has 0 bridgehead atoms. The van der Waals surface area contributed by atoms with Gasteiger partial charge in [0.25, 0.3) is 11.6 Å². The second kappa shape index (κ2) is 6.89. The maximum Gasteiger partial charge on any atom is 0.293 e. The highest BCUT2D eigenvalue weighted by Crippen LogP contribution is 2.30. The van der Waals surface area contributed by atoms with E-state index in [9.17, 15) is 19.7 Å². The van der Waals surface area contributed by atoms with Gasteiger partial charge < -0.3 is 15.5 Å². The molecule has 1 aliphatic rings. The maximum atomic E-state index is 12.4. The predicted octanol–water partition coefficient (Wildman–Crippen LogP) is 1.72. The molecule has 1 aromatic heterocycles. The summed E-state index contributed by atoms with van der Waals surface area (Å²) in [5, 5.41) is 15.0. The number of thiophene rings is 1. The number of nitrogens with zero attached hydrogens (tertiary/aromatic N) is 3. The van der Waals surface area contributed by atoms with Crippen molar-refractivity contribution in [3.8, 4) is 0 Å². The van der Waals surface area contributed by atoms with Gasteiger partial charge in [-0.15, -0.1) is 0 Å². The van der Waals surface area contributed by atoms with E-state index in [4.69, 9.17) is 5.73 Å². The minimum Gasteiger partial charge on any atom is -0.366 e. The Balaban J connectivity index is 1.75. The number of hydrogen-bond acceptors (Lipinski definition) is 6. The van der Waals surface area contributed by atoms with E-state index in [1.54, 1.807) is 11.0 Å². The van der Waals surface area contributed by atoms with Crippen molar-refractivity contribution in [1.29, 1.82) is 0 Å². The summed E-state index contributed by atoms with van der Waals surface area (Å²) in [5.41, 5.74) is 6.22. The average Bonchev–Trinajstić information content (AvgIpc) is 3.15. The quantitative estimate of drug-likeness (QED) is 0.659. The highest BCUT2D eigenvalue weighted by atomic mass is 32.1. The van der Waals surface area contributed by atoms with Crippen LogP contribution in [-0.4, -0.2) is 47.8 Å². The van der Waals surface area contributed by atoms with Crippen LogP contribution < -0.4 is 10.6 Å². The van der Waals surface area contributed by atoms with Crippen molar-refractivity contribution < 1.29 is 14.5 Å². The fourth-order valence-electron chi connectivity index (χ4n) is 2.81. The number of amides is 2. The smallest absolute Gasteiger partial charge is 0.293 e. The van der Waals surface area contributed by atoms with E-state index in [-0.39, 0.29) is 17.2 Å². The summed E-state index contributed by atoms with van der Waals surface area (Å²) < 4.78 is 0. The van der Waals surface area contributed by atoms with Crippen molar-refractivity contribution in [2.75, 3.05) is 31.1 Å². The number of piperazine rings is 1. The number of nitro groups is 1. The largest absolute Gasteiger partial charge is 0.366 e. The van der Waals surface area contributed by atoms with Crippen LogP contribution in [0.3, 0.4) is 0 Å². The third-order valence-corrected chi connectivity index (χ3v) is 4.82. The lowest BCUT2D eigenvalue weighted by Crippen LogP contribution is -2.48.